The Kier molecular flexibility index (Phi) is 5.82. The van der Waals surface area contributed by atoms with Gasteiger partial charge in [-0.25, -0.2) is 0 Å². The molecule has 128 valence electrons. The number of furan rings is 1. The van der Waals surface area contributed by atoms with Gasteiger partial charge < -0.3 is 14.6 Å². The highest BCUT2D eigenvalue weighted by atomic mass is 35.5. The lowest BCUT2D eigenvalue weighted by molar-refractivity contribution is -0.919. The summed E-state index contributed by atoms with van der Waals surface area (Å²) >= 11 is 12.0. The van der Waals surface area contributed by atoms with Gasteiger partial charge in [0, 0.05) is 22.9 Å². The summed E-state index contributed by atoms with van der Waals surface area (Å²) in [7, 11) is 0. The van der Waals surface area contributed by atoms with E-state index < -0.39 is 0 Å². The van der Waals surface area contributed by atoms with Crippen LogP contribution in [0.3, 0.4) is 0 Å². The number of quaternary nitrogens is 1. The molecule has 1 amide bonds. The van der Waals surface area contributed by atoms with Crippen molar-refractivity contribution >= 4 is 29.1 Å². The standard InChI is InChI=1S/C18H20Cl2N2O2/c19-14-6-5-13(15(20)11-14)10-18(23)21-12-16(17-4-3-9-24-17)22-7-1-2-8-22/h3-6,9,11,16H,1-2,7-8,10,12H2,(H,21,23)/p+1/t16-/m0/s1. The molecule has 1 aromatic heterocycles. The third-order valence-corrected chi connectivity index (χ3v) is 5.08. The Balaban J connectivity index is 1.60. The molecule has 4 nitrogen and oxygen atoms in total. The molecule has 3 rings (SSSR count). The molecule has 1 aliphatic heterocycles. The van der Waals surface area contributed by atoms with E-state index in [9.17, 15) is 4.79 Å². The molecule has 2 heterocycles. The average molecular weight is 368 g/mol. The summed E-state index contributed by atoms with van der Waals surface area (Å²) in [6.07, 6.45) is 4.38. The quantitative estimate of drug-likeness (QED) is 0.824. The number of likely N-dealkylation sites (tertiary alicyclic amines) is 1. The van der Waals surface area contributed by atoms with E-state index in [2.05, 4.69) is 5.32 Å². The van der Waals surface area contributed by atoms with Crippen LogP contribution < -0.4 is 10.2 Å². The molecule has 0 spiro atoms. The molecule has 0 unspecified atom stereocenters. The average Bonchev–Trinajstić information content (AvgIpc) is 3.24. The van der Waals surface area contributed by atoms with Crippen molar-refractivity contribution in [2.24, 2.45) is 0 Å². The van der Waals surface area contributed by atoms with Gasteiger partial charge in [-0.15, -0.1) is 0 Å². The molecule has 1 aliphatic rings. The van der Waals surface area contributed by atoms with Crippen molar-refractivity contribution in [3.8, 4) is 0 Å². The molecule has 0 bridgehead atoms. The summed E-state index contributed by atoms with van der Waals surface area (Å²) in [6, 6.07) is 9.24. The van der Waals surface area contributed by atoms with Gasteiger partial charge in [-0.05, 0) is 29.8 Å². The predicted molar refractivity (Wildman–Crippen MR) is 94.6 cm³/mol. The summed E-state index contributed by atoms with van der Waals surface area (Å²) in [5, 5.41) is 4.11. The van der Waals surface area contributed by atoms with Crippen LogP contribution in [0.15, 0.2) is 41.0 Å². The molecule has 2 N–H and O–H groups in total. The van der Waals surface area contributed by atoms with E-state index in [0.29, 0.717) is 16.6 Å². The number of carbonyl (C=O) groups is 1. The molecule has 2 aromatic rings. The van der Waals surface area contributed by atoms with Gasteiger partial charge in [-0.1, -0.05) is 29.3 Å². The van der Waals surface area contributed by atoms with Crippen LogP contribution in [0.2, 0.25) is 10.0 Å². The minimum absolute atomic E-state index is 0.0469. The highest BCUT2D eigenvalue weighted by Gasteiger charge is 2.29. The monoisotopic (exact) mass is 367 g/mol. The highest BCUT2D eigenvalue weighted by Crippen LogP contribution is 2.21. The lowest BCUT2D eigenvalue weighted by Gasteiger charge is -2.23. The smallest absolute Gasteiger partial charge is 0.224 e. The number of rotatable bonds is 6. The van der Waals surface area contributed by atoms with E-state index >= 15 is 0 Å². The van der Waals surface area contributed by atoms with Crippen molar-refractivity contribution in [2.75, 3.05) is 19.6 Å². The minimum Gasteiger partial charge on any atom is -0.463 e. The van der Waals surface area contributed by atoms with Crippen LogP contribution in [-0.2, 0) is 11.2 Å². The molecule has 1 saturated heterocycles. The first-order chi connectivity index (χ1) is 11.6. The second-order valence-corrected chi connectivity index (χ2v) is 6.99. The van der Waals surface area contributed by atoms with Crippen molar-refractivity contribution in [1.82, 2.24) is 5.32 Å². The van der Waals surface area contributed by atoms with Gasteiger partial charge in [0.15, 0.2) is 11.8 Å². The molecule has 0 aliphatic carbocycles. The first kappa shape index (κ1) is 17.3. The van der Waals surface area contributed by atoms with Crippen molar-refractivity contribution in [3.63, 3.8) is 0 Å². The van der Waals surface area contributed by atoms with Crippen LogP contribution in [0.25, 0.3) is 0 Å². The largest absolute Gasteiger partial charge is 0.463 e. The molecule has 1 aromatic carbocycles. The second-order valence-electron chi connectivity index (χ2n) is 6.15. The van der Waals surface area contributed by atoms with Gasteiger partial charge in [0.05, 0.1) is 32.3 Å². The molecule has 1 atom stereocenters. The Morgan fingerprint density at radius 2 is 2.04 bits per heavy atom. The molecular weight excluding hydrogens is 347 g/mol. The number of amides is 1. The van der Waals surface area contributed by atoms with Crippen LogP contribution >= 0.6 is 23.2 Å². The van der Waals surface area contributed by atoms with Gasteiger partial charge in [-0.3, -0.25) is 4.79 Å². The van der Waals surface area contributed by atoms with E-state index in [1.54, 1.807) is 24.5 Å². The normalized spacial score (nSPS) is 16.2. The first-order valence-corrected chi connectivity index (χ1v) is 8.97. The lowest BCUT2D eigenvalue weighted by Crippen LogP contribution is -3.11. The molecule has 1 fully saturated rings. The second kappa shape index (κ2) is 8.06. The van der Waals surface area contributed by atoms with Crippen LogP contribution in [-0.4, -0.2) is 25.5 Å². The Labute approximate surface area is 151 Å². The zero-order valence-corrected chi connectivity index (χ0v) is 14.9. The lowest BCUT2D eigenvalue weighted by atomic mass is 10.1. The Morgan fingerprint density at radius 1 is 1.25 bits per heavy atom. The Morgan fingerprint density at radius 3 is 2.71 bits per heavy atom. The fraction of sp³-hybridized carbons (Fsp3) is 0.389. The summed E-state index contributed by atoms with van der Waals surface area (Å²) in [5.41, 5.74) is 0.779. The SMILES string of the molecule is O=C(Cc1ccc(Cl)cc1Cl)NC[C@@H](c1ccco1)[NH+]1CCCC1. The summed E-state index contributed by atoms with van der Waals surface area (Å²) < 4.78 is 5.58. The van der Waals surface area contributed by atoms with Gasteiger partial charge in [-0.2, -0.15) is 0 Å². The Bertz CT molecular complexity index is 682. The molecule has 6 heteroatoms. The van der Waals surface area contributed by atoms with E-state index in [0.717, 1.165) is 24.4 Å². The summed E-state index contributed by atoms with van der Waals surface area (Å²) in [4.78, 5) is 13.8. The zero-order chi connectivity index (χ0) is 16.9. The third-order valence-electron chi connectivity index (χ3n) is 4.49. The number of hydrogen-bond donors (Lipinski definition) is 2. The van der Waals surface area contributed by atoms with Gasteiger partial charge in [0.2, 0.25) is 5.91 Å². The van der Waals surface area contributed by atoms with Crippen LogP contribution in [0.1, 0.15) is 30.2 Å². The van der Waals surface area contributed by atoms with Gasteiger partial charge in [0.1, 0.15) is 0 Å². The van der Waals surface area contributed by atoms with E-state index in [4.69, 9.17) is 27.6 Å². The maximum Gasteiger partial charge on any atom is 0.224 e. The van der Waals surface area contributed by atoms with E-state index in [1.807, 2.05) is 12.1 Å². The molecule has 0 saturated carbocycles. The minimum atomic E-state index is -0.0469. The van der Waals surface area contributed by atoms with Crippen molar-refractivity contribution in [2.45, 2.75) is 25.3 Å². The fourth-order valence-electron chi connectivity index (χ4n) is 3.23. The number of halogens is 2. The van der Waals surface area contributed by atoms with Crippen molar-refractivity contribution in [3.05, 3.63) is 58.0 Å². The highest BCUT2D eigenvalue weighted by molar-refractivity contribution is 6.35. The van der Waals surface area contributed by atoms with E-state index in [1.165, 1.54) is 17.7 Å². The summed E-state index contributed by atoms with van der Waals surface area (Å²) in [5.74, 6) is 0.881. The first-order valence-electron chi connectivity index (χ1n) is 8.22. The third kappa shape index (κ3) is 4.32. The summed E-state index contributed by atoms with van der Waals surface area (Å²) in [6.45, 7) is 2.79. The maximum absolute atomic E-state index is 12.3. The Hall–Kier alpha value is -1.49. The van der Waals surface area contributed by atoms with E-state index in [-0.39, 0.29) is 18.4 Å². The van der Waals surface area contributed by atoms with Crippen LogP contribution in [0, 0.1) is 0 Å². The maximum atomic E-state index is 12.3. The number of carbonyl (C=O) groups excluding carboxylic acids is 1. The number of benzene rings is 1. The van der Waals surface area contributed by atoms with Crippen molar-refractivity contribution in [1.29, 1.82) is 0 Å². The zero-order valence-electron chi connectivity index (χ0n) is 13.4. The number of hydrogen-bond acceptors (Lipinski definition) is 2. The van der Waals surface area contributed by atoms with Gasteiger partial charge >= 0.3 is 0 Å². The van der Waals surface area contributed by atoms with Crippen LogP contribution in [0.5, 0.6) is 0 Å². The number of nitrogens with one attached hydrogen (secondary N) is 2. The van der Waals surface area contributed by atoms with Crippen LogP contribution in [0.4, 0.5) is 0 Å². The topological polar surface area (TPSA) is 46.7 Å². The van der Waals surface area contributed by atoms with Gasteiger partial charge in [0.25, 0.3) is 0 Å². The molecule has 0 radical (unpaired) electrons. The molecule has 24 heavy (non-hydrogen) atoms. The fourth-order valence-corrected chi connectivity index (χ4v) is 3.70. The predicted octanol–water partition coefficient (Wildman–Crippen LogP) is 2.67. The van der Waals surface area contributed by atoms with Crippen molar-refractivity contribution < 1.29 is 14.1 Å². The molecular formula is C18H21Cl2N2O2+.